The molecule has 2 N–H and O–H groups in total. The molecule has 3 aromatic rings. The number of carbonyl (C=O) groups excluding carboxylic acids is 3. The summed E-state index contributed by atoms with van der Waals surface area (Å²) in [5.74, 6) is -2.33. The normalized spacial score (nSPS) is 13.5. The average Bonchev–Trinajstić information content (AvgIpc) is 3.04. The van der Waals surface area contributed by atoms with E-state index >= 15 is 0 Å². The first-order valence-corrected chi connectivity index (χ1v) is 10.6. The van der Waals surface area contributed by atoms with Crippen LogP contribution < -0.4 is 15.5 Å². The van der Waals surface area contributed by atoms with Crippen LogP contribution in [0, 0.1) is 5.82 Å². The number of nitrogens with zero attached hydrogens (tertiary/aromatic N) is 1. The van der Waals surface area contributed by atoms with Gasteiger partial charge < -0.3 is 10.6 Å². The highest BCUT2D eigenvalue weighted by Crippen LogP contribution is 2.30. The summed E-state index contributed by atoms with van der Waals surface area (Å²) in [6.45, 7) is 2.01. The zero-order chi connectivity index (χ0) is 23.5. The van der Waals surface area contributed by atoms with Gasteiger partial charge in [0.2, 0.25) is 0 Å². The Labute approximate surface area is 194 Å². The molecule has 166 valence electrons. The summed E-state index contributed by atoms with van der Waals surface area (Å²) in [5, 5.41) is 5.10. The van der Waals surface area contributed by atoms with Gasteiger partial charge in [-0.05, 0) is 54.4 Å². The number of nitrogens with one attached hydrogen (secondary N) is 2. The van der Waals surface area contributed by atoms with Crippen LogP contribution in [0.4, 0.5) is 21.5 Å². The van der Waals surface area contributed by atoms with Gasteiger partial charge in [0.25, 0.3) is 17.7 Å². The summed E-state index contributed by atoms with van der Waals surface area (Å²) in [6, 6.07) is 19.1. The van der Waals surface area contributed by atoms with Crippen LogP contribution in [0.15, 0.2) is 83.5 Å². The average molecular weight is 464 g/mol. The lowest BCUT2D eigenvalue weighted by Crippen LogP contribution is -2.32. The van der Waals surface area contributed by atoms with Crippen molar-refractivity contribution in [1.82, 2.24) is 0 Å². The Kier molecular flexibility index (Phi) is 6.24. The lowest BCUT2D eigenvalue weighted by Gasteiger charge is -2.15. The van der Waals surface area contributed by atoms with Crippen LogP contribution in [0.25, 0.3) is 0 Å². The van der Waals surface area contributed by atoms with E-state index in [1.54, 1.807) is 36.4 Å². The predicted molar refractivity (Wildman–Crippen MR) is 126 cm³/mol. The van der Waals surface area contributed by atoms with Crippen LogP contribution in [-0.4, -0.2) is 17.7 Å². The summed E-state index contributed by atoms with van der Waals surface area (Å²) in [4.78, 5) is 39.2. The highest BCUT2D eigenvalue weighted by molar-refractivity contribution is 6.53. The molecule has 4 rings (SSSR count). The van der Waals surface area contributed by atoms with Crippen molar-refractivity contribution in [1.29, 1.82) is 0 Å². The van der Waals surface area contributed by atoms with Crippen molar-refractivity contribution in [3.8, 4) is 0 Å². The number of hydrogen-bond acceptors (Lipinski definition) is 4. The molecule has 1 heterocycles. The molecule has 1 aliphatic heterocycles. The number of carbonyl (C=O) groups is 3. The number of aryl methyl sites for hydroxylation is 1. The molecule has 33 heavy (non-hydrogen) atoms. The molecule has 0 unspecified atom stereocenters. The van der Waals surface area contributed by atoms with E-state index in [0.717, 1.165) is 16.9 Å². The Morgan fingerprint density at radius 1 is 0.970 bits per heavy atom. The van der Waals surface area contributed by atoms with E-state index in [4.69, 9.17) is 11.6 Å². The maximum atomic E-state index is 13.8. The molecule has 0 fully saturated rings. The first kappa shape index (κ1) is 22.2. The van der Waals surface area contributed by atoms with Crippen LogP contribution in [-0.2, 0) is 16.0 Å². The fourth-order valence-corrected chi connectivity index (χ4v) is 3.58. The molecular formula is C25H19ClFN3O3. The van der Waals surface area contributed by atoms with Gasteiger partial charge in [-0.3, -0.25) is 14.4 Å². The SMILES string of the molecule is CCc1ccc(N2C(=O)C(Cl)=C(Nc3cccc(C(=O)Nc4ccccc4F)c3)C2=O)cc1. The van der Waals surface area contributed by atoms with Crippen molar-refractivity contribution in [3.05, 3.63) is 100 Å². The molecule has 0 atom stereocenters. The monoisotopic (exact) mass is 463 g/mol. The van der Waals surface area contributed by atoms with Crippen molar-refractivity contribution >= 4 is 46.4 Å². The highest BCUT2D eigenvalue weighted by Gasteiger charge is 2.39. The van der Waals surface area contributed by atoms with Crippen molar-refractivity contribution in [3.63, 3.8) is 0 Å². The minimum absolute atomic E-state index is 0.0490. The molecule has 3 amide bonds. The van der Waals surface area contributed by atoms with Gasteiger partial charge in [-0.25, -0.2) is 9.29 Å². The molecule has 0 aromatic heterocycles. The van der Waals surface area contributed by atoms with E-state index in [-0.39, 0.29) is 22.0 Å². The Morgan fingerprint density at radius 3 is 2.39 bits per heavy atom. The maximum absolute atomic E-state index is 13.8. The zero-order valence-corrected chi connectivity index (χ0v) is 18.3. The molecule has 0 radical (unpaired) electrons. The van der Waals surface area contributed by atoms with Gasteiger partial charge in [0, 0.05) is 11.3 Å². The number of rotatable bonds is 6. The van der Waals surface area contributed by atoms with E-state index < -0.39 is 23.5 Å². The summed E-state index contributed by atoms with van der Waals surface area (Å²) in [6.07, 6.45) is 0.828. The van der Waals surface area contributed by atoms with Crippen molar-refractivity contribution in [2.75, 3.05) is 15.5 Å². The van der Waals surface area contributed by atoms with Gasteiger partial charge in [-0.2, -0.15) is 0 Å². The highest BCUT2D eigenvalue weighted by atomic mass is 35.5. The molecule has 6 nitrogen and oxygen atoms in total. The molecule has 0 saturated heterocycles. The van der Waals surface area contributed by atoms with Gasteiger partial charge in [0.1, 0.15) is 16.5 Å². The van der Waals surface area contributed by atoms with E-state index in [1.807, 2.05) is 19.1 Å². The van der Waals surface area contributed by atoms with Crippen LogP contribution in [0.2, 0.25) is 0 Å². The second-order valence-electron chi connectivity index (χ2n) is 7.29. The summed E-state index contributed by atoms with van der Waals surface area (Å²) < 4.78 is 13.8. The van der Waals surface area contributed by atoms with Crippen molar-refractivity contribution in [2.45, 2.75) is 13.3 Å². The number of benzene rings is 3. The molecular weight excluding hydrogens is 445 g/mol. The Hall–Kier alpha value is -3.97. The fraction of sp³-hybridized carbons (Fsp3) is 0.0800. The summed E-state index contributed by atoms with van der Waals surface area (Å²) in [5.41, 5.74) is 2.04. The quantitative estimate of drug-likeness (QED) is 0.500. The molecule has 0 spiro atoms. The molecule has 0 bridgehead atoms. The van der Waals surface area contributed by atoms with Gasteiger partial charge in [-0.1, -0.05) is 48.9 Å². The molecule has 3 aromatic carbocycles. The number of para-hydroxylation sites is 1. The second kappa shape index (κ2) is 9.26. The first-order valence-electron chi connectivity index (χ1n) is 10.2. The fourth-order valence-electron chi connectivity index (χ4n) is 3.37. The predicted octanol–water partition coefficient (Wildman–Crippen LogP) is 5.08. The van der Waals surface area contributed by atoms with Gasteiger partial charge in [-0.15, -0.1) is 0 Å². The van der Waals surface area contributed by atoms with Gasteiger partial charge in [0.15, 0.2) is 0 Å². The number of halogens is 2. The zero-order valence-electron chi connectivity index (χ0n) is 17.6. The largest absolute Gasteiger partial charge is 0.350 e. The van der Waals surface area contributed by atoms with Crippen LogP contribution >= 0.6 is 11.6 Å². The molecule has 1 aliphatic rings. The Balaban J connectivity index is 1.54. The summed E-state index contributed by atoms with van der Waals surface area (Å²) in [7, 11) is 0. The van der Waals surface area contributed by atoms with E-state index in [9.17, 15) is 18.8 Å². The number of hydrogen-bond donors (Lipinski definition) is 2. The number of amides is 3. The third kappa shape index (κ3) is 4.49. The third-order valence-corrected chi connectivity index (χ3v) is 5.50. The van der Waals surface area contributed by atoms with Crippen molar-refractivity contribution in [2.24, 2.45) is 0 Å². The van der Waals surface area contributed by atoms with Gasteiger partial charge in [0.05, 0.1) is 11.4 Å². The number of imide groups is 1. The standard InChI is InChI=1S/C25H19ClFN3O3/c1-2-15-10-12-18(13-11-15)30-24(32)21(26)22(25(30)33)28-17-7-5-6-16(14-17)23(31)29-20-9-4-3-8-19(20)27/h3-14,28H,2H2,1H3,(H,29,31). The third-order valence-electron chi connectivity index (χ3n) is 5.15. The topological polar surface area (TPSA) is 78.5 Å². The molecule has 0 saturated carbocycles. The first-order chi connectivity index (χ1) is 15.9. The number of anilines is 3. The van der Waals surface area contributed by atoms with Crippen LogP contribution in [0.5, 0.6) is 0 Å². The van der Waals surface area contributed by atoms with Crippen LogP contribution in [0.1, 0.15) is 22.8 Å². The van der Waals surface area contributed by atoms with E-state index in [0.29, 0.717) is 11.4 Å². The minimum atomic E-state index is -0.637. The maximum Gasteiger partial charge on any atom is 0.283 e. The van der Waals surface area contributed by atoms with Crippen LogP contribution in [0.3, 0.4) is 0 Å². The van der Waals surface area contributed by atoms with Crippen molar-refractivity contribution < 1.29 is 18.8 Å². The smallest absolute Gasteiger partial charge is 0.283 e. The lowest BCUT2D eigenvalue weighted by atomic mass is 10.1. The van der Waals surface area contributed by atoms with Gasteiger partial charge >= 0.3 is 0 Å². The summed E-state index contributed by atoms with van der Waals surface area (Å²) >= 11 is 6.19. The molecule has 8 heteroatoms. The Bertz CT molecular complexity index is 1290. The lowest BCUT2D eigenvalue weighted by molar-refractivity contribution is -0.120. The van der Waals surface area contributed by atoms with E-state index in [1.165, 1.54) is 24.3 Å². The molecule has 0 aliphatic carbocycles. The Morgan fingerprint density at radius 2 is 1.70 bits per heavy atom. The second-order valence-corrected chi connectivity index (χ2v) is 7.67. The minimum Gasteiger partial charge on any atom is -0.350 e. The van der Waals surface area contributed by atoms with E-state index in [2.05, 4.69) is 10.6 Å².